The lowest BCUT2D eigenvalue weighted by molar-refractivity contribution is -0.130. The molecule has 8 atom stereocenters. The Morgan fingerprint density at radius 3 is 2.21 bits per heavy atom. The molecule has 2 nitrogen and oxygen atoms in total. The molecule has 0 heterocycles. The van der Waals surface area contributed by atoms with E-state index in [0.717, 1.165) is 24.7 Å². The van der Waals surface area contributed by atoms with Gasteiger partial charge in [-0.15, -0.1) is 0 Å². The van der Waals surface area contributed by atoms with Crippen LogP contribution in [0.5, 0.6) is 0 Å². The third-order valence-electron chi connectivity index (χ3n) is 7.13. The first-order valence-electron chi connectivity index (χ1n) is 8.62. The largest absolute Gasteiger partial charge is 0.393 e. The molecule has 0 aromatic carbocycles. The third kappa shape index (κ3) is 1.90. The van der Waals surface area contributed by atoms with Crippen molar-refractivity contribution in [2.75, 3.05) is 0 Å². The lowest BCUT2D eigenvalue weighted by Crippen LogP contribution is -2.53. The molecular formula is C17H28O2. The van der Waals surface area contributed by atoms with Gasteiger partial charge < -0.3 is 10.2 Å². The van der Waals surface area contributed by atoms with Gasteiger partial charge in [-0.25, -0.2) is 0 Å². The molecule has 0 aliphatic heterocycles. The molecule has 4 rings (SSSR count). The summed E-state index contributed by atoms with van der Waals surface area (Å²) in [4.78, 5) is 0. The van der Waals surface area contributed by atoms with Crippen molar-refractivity contribution in [1.82, 2.24) is 0 Å². The second-order valence-electron chi connectivity index (χ2n) is 7.81. The zero-order chi connectivity index (χ0) is 13.0. The highest BCUT2D eigenvalue weighted by Gasteiger charge is 2.54. The molecule has 4 fully saturated rings. The Balaban J connectivity index is 1.63. The van der Waals surface area contributed by atoms with E-state index in [0.29, 0.717) is 23.7 Å². The van der Waals surface area contributed by atoms with Gasteiger partial charge in [0.15, 0.2) is 0 Å². The lowest BCUT2D eigenvalue weighted by atomic mass is 9.52. The molecule has 0 bridgehead atoms. The summed E-state index contributed by atoms with van der Waals surface area (Å²) in [5.74, 6) is 3.87. The van der Waals surface area contributed by atoms with Crippen molar-refractivity contribution in [3.63, 3.8) is 0 Å². The molecule has 19 heavy (non-hydrogen) atoms. The van der Waals surface area contributed by atoms with Crippen LogP contribution in [0.25, 0.3) is 0 Å². The first kappa shape index (κ1) is 12.6. The smallest absolute Gasteiger partial charge is 0.0576 e. The van der Waals surface area contributed by atoms with Crippen molar-refractivity contribution >= 4 is 0 Å². The summed E-state index contributed by atoms with van der Waals surface area (Å²) >= 11 is 0. The third-order valence-corrected chi connectivity index (χ3v) is 7.13. The van der Waals surface area contributed by atoms with E-state index < -0.39 is 0 Å². The summed E-state index contributed by atoms with van der Waals surface area (Å²) in [5.41, 5.74) is 0. The second-order valence-corrected chi connectivity index (χ2v) is 7.81. The summed E-state index contributed by atoms with van der Waals surface area (Å²) in [5, 5.41) is 21.2. The summed E-state index contributed by atoms with van der Waals surface area (Å²) in [6.07, 6.45) is 11.1. The van der Waals surface area contributed by atoms with E-state index in [1.54, 1.807) is 0 Å². The molecule has 108 valence electrons. The maximum atomic E-state index is 10.7. The van der Waals surface area contributed by atoms with Gasteiger partial charge in [0.2, 0.25) is 0 Å². The van der Waals surface area contributed by atoms with Gasteiger partial charge in [-0.2, -0.15) is 0 Å². The topological polar surface area (TPSA) is 40.5 Å². The minimum absolute atomic E-state index is 0.0672. The summed E-state index contributed by atoms with van der Waals surface area (Å²) in [6.45, 7) is 0. The van der Waals surface area contributed by atoms with Crippen LogP contribution in [0.2, 0.25) is 0 Å². The second kappa shape index (κ2) is 4.73. The molecule has 0 aromatic heterocycles. The van der Waals surface area contributed by atoms with Crippen LogP contribution in [0.3, 0.4) is 0 Å². The molecule has 2 heteroatoms. The number of fused-ring (bicyclic) bond motifs is 5. The quantitative estimate of drug-likeness (QED) is 0.706. The minimum atomic E-state index is -0.0679. The molecule has 2 N–H and O–H groups in total. The average molecular weight is 264 g/mol. The number of rotatable bonds is 0. The van der Waals surface area contributed by atoms with Crippen molar-refractivity contribution in [2.45, 2.75) is 70.0 Å². The highest BCUT2D eigenvalue weighted by Crippen LogP contribution is 2.57. The van der Waals surface area contributed by atoms with Gasteiger partial charge in [0.25, 0.3) is 0 Å². The molecule has 0 amide bonds. The van der Waals surface area contributed by atoms with Gasteiger partial charge in [0.05, 0.1) is 12.2 Å². The molecule has 4 aliphatic carbocycles. The Hall–Kier alpha value is -0.0800. The molecule has 0 spiro atoms. The summed E-state index contributed by atoms with van der Waals surface area (Å²) < 4.78 is 0. The van der Waals surface area contributed by atoms with Gasteiger partial charge in [0.1, 0.15) is 0 Å². The first-order valence-corrected chi connectivity index (χ1v) is 8.62. The van der Waals surface area contributed by atoms with Crippen molar-refractivity contribution in [3.8, 4) is 0 Å². The fraction of sp³-hybridized carbons (Fsp3) is 1.00. The van der Waals surface area contributed by atoms with Gasteiger partial charge in [0, 0.05) is 0 Å². The zero-order valence-corrected chi connectivity index (χ0v) is 11.9. The predicted octanol–water partition coefficient (Wildman–Crippen LogP) is 2.97. The fourth-order valence-corrected chi connectivity index (χ4v) is 6.49. The number of hydrogen-bond donors (Lipinski definition) is 2. The van der Waals surface area contributed by atoms with Crippen LogP contribution in [0.1, 0.15) is 57.8 Å². The molecule has 4 aliphatic rings. The highest BCUT2D eigenvalue weighted by molar-refractivity contribution is 5.03. The number of aliphatic hydroxyl groups is 2. The lowest BCUT2D eigenvalue weighted by Gasteiger charge is -2.54. The van der Waals surface area contributed by atoms with E-state index in [1.165, 1.54) is 44.9 Å². The summed E-state index contributed by atoms with van der Waals surface area (Å²) in [7, 11) is 0. The van der Waals surface area contributed by atoms with Gasteiger partial charge in [-0.3, -0.25) is 0 Å². The molecular weight excluding hydrogens is 236 g/mol. The van der Waals surface area contributed by atoms with Gasteiger partial charge >= 0.3 is 0 Å². The molecule has 0 radical (unpaired) electrons. The minimum Gasteiger partial charge on any atom is -0.393 e. The highest BCUT2D eigenvalue weighted by atomic mass is 16.3. The van der Waals surface area contributed by atoms with Crippen molar-refractivity contribution in [3.05, 3.63) is 0 Å². The van der Waals surface area contributed by atoms with Crippen LogP contribution in [0.15, 0.2) is 0 Å². The van der Waals surface area contributed by atoms with Crippen molar-refractivity contribution in [1.29, 1.82) is 0 Å². The van der Waals surface area contributed by atoms with E-state index >= 15 is 0 Å². The Labute approximate surface area is 116 Å². The van der Waals surface area contributed by atoms with E-state index in [9.17, 15) is 10.2 Å². The molecule has 0 saturated heterocycles. The Morgan fingerprint density at radius 2 is 1.32 bits per heavy atom. The normalized spacial score (nSPS) is 57.2. The van der Waals surface area contributed by atoms with Crippen LogP contribution in [0, 0.1) is 35.5 Å². The van der Waals surface area contributed by atoms with Crippen molar-refractivity contribution in [2.24, 2.45) is 35.5 Å². The van der Waals surface area contributed by atoms with Gasteiger partial charge in [-0.1, -0.05) is 25.7 Å². The zero-order valence-electron chi connectivity index (χ0n) is 11.9. The van der Waals surface area contributed by atoms with E-state index in [4.69, 9.17) is 0 Å². The number of aliphatic hydroxyl groups excluding tert-OH is 2. The van der Waals surface area contributed by atoms with E-state index in [2.05, 4.69) is 0 Å². The van der Waals surface area contributed by atoms with Crippen molar-refractivity contribution < 1.29 is 10.2 Å². The van der Waals surface area contributed by atoms with Crippen LogP contribution >= 0.6 is 0 Å². The Bertz CT molecular complexity index is 342. The Morgan fingerprint density at radius 1 is 0.579 bits per heavy atom. The monoisotopic (exact) mass is 264 g/mol. The van der Waals surface area contributed by atoms with E-state index in [1.807, 2.05) is 0 Å². The maximum Gasteiger partial charge on any atom is 0.0576 e. The number of hydrogen-bond acceptors (Lipinski definition) is 2. The standard InChI is InChI=1S/C17H28O2/c18-15-9-14-11-5-2-1-4-10(11)8-16(19)17(14)13-7-3-6-12(13)15/h10-19H,1-9H2. The van der Waals surface area contributed by atoms with Crippen LogP contribution in [0.4, 0.5) is 0 Å². The van der Waals surface area contributed by atoms with Crippen LogP contribution in [-0.4, -0.2) is 22.4 Å². The van der Waals surface area contributed by atoms with Crippen LogP contribution < -0.4 is 0 Å². The molecule has 8 unspecified atom stereocenters. The van der Waals surface area contributed by atoms with Gasteiger partial charge in [-0.05, 0) is 67.6 Å². The molecule has 4 saturated carbocycles. The Kier molecular flexibility index (Phi) is 3.15. The predicted molar refractivity (Wildman–Crippen MR) is 74.5 cm³/mol. The first-order chi connectivity index (χ1) is 9.25. The maximum absolute atomic E-state index is 10.7. The fourth-order valence-electron chi connectivity index (χ4n) is 6.49. The average Bonchev–Trinajstić information content (AvgIpc) is 2.88. The van der Waals surface area contributed by atoms with E-state index in [-0.39, 0.29) is 12.2 Å². The molecule has 0 aromatic rings. The SMILES string of the molecule is OC1CC2C3CCCCC3CC(O)C2C2CCCC12. The van der Waals surface area contributed by atoms with Crippen LogP contribution in [-0.2, 0) is 0 Å². The summed E-state index contributed by atoms with van der Waals surface area (Å²) in [6, 6.07) is 0.